The first-order valence-corrected chi connectivity index (χ1v) is 10.2. The van der Waals surface area contributed by atoms with Gasteiger partial charge in [0.05, 0.1) is 4.90 Å². The lowest BCUT2D eigenvalue weighted by atomic mass is 10.2. The smallest absolute Gasteiger partial charge is 0.260 e. The molecular weight excluding hydrogens is 340 g/mol. The summed E-state index contributed by atoms with van der Waals surface area (Å²) in [6, 6.07) is 5.97. The quantitative estimate of drug-likeness (QED) is 0.663. The zero-order valence-electron chi connectivity index (χ0n) is 15.7. The highest BCUT2D eigenvalue weighted by Gasteiger charge is 2.18. The number of ether oxygens (including phenoxy) is 1. The van der Waals surface area contributed by atoms with Gasteiger partial charge in [0.25, 0.3) is 5.91 Å². The minimum Gasteiger partial charge on any atom is -0.481 e. The molecule has 7 heteroatoms. The second kappa shape index (κ2) is 9.77. The summed E-state index contributed by atoms with van der Waals surface area (Å²) in [5.74, 6) is 0.622. The van der Waals surface area contributed by atoms with Gasteiger partial charge in [0.2, 0.25) is 10.0 Å². The third-order valence-electron chi connectivity index (χ3n) is 3.58. The molecule has 1 amide bonds. The minimum atomic E-state index is -3.55. The van der Waals surface area contributed by atoms with Gasteiger partial charge < -0.3 is 10.1 Å². The van der Waals surface area contributed by atoms with E-state index in [-0.39, 0.29) is 16.8 Å². The average Bonchev–Trinajstić information content (AvgIpc) is 2.52. The predicted molar refractivity (Wildman–Crippen MR) is 99.1 cm³/mol. The maximum Gasteiger partial charge on any atom is 0.260 e. The largest absolute Gasteiger partial charge is 0.481 e. The van der Waals surface area contributed by atoms with Crippen molar-refractivity contribution < 1.29 is 17.9 Å². The first-order valence-electron chi connectivity index (χ1n) is 8.72. The van der Waals surface area contributed by atoms with Crippen molar-refractivity contribution in [1.29, 1.82) is 0 Å². The molecule has 0 unspecified atom stereocenters. The third-order valence-corrected chi connectivity index (χ3v) is 5.18. The molecule has 1 aromatic rings. The van der Waals surface area contributed by atoms with Crippen LogP contribution in [0, 0.1) is 5.92 Å². The number of amides is 1. The lowest BCUT2D eigenvalue weighted by molar-refractivity contribution is -0.127. The van der Waals surface area contributed by atoms with Gasteiger partial charge in [-0.3, -0.25) is 4.79 Å². The van der Waals surface area contributed by atoms with Crippen LogP contribution in [0.25, 0.3) is 0 Å². The second-order valence-corrected chi connectivity index (χ2v) is 8.40. The van der Waals surface area contributed by atoms with Crippen molar-refractivity contribution in [2.45, 2.75) is 64.5 Å². The molecule has 0 aliphatic heterocycles. The van der Waals surface area contributed by atoms with Crippen LogP contribution in [0.2, 0.25) is 0 Å². The predicted octanol–water partition coefficient (Wildman–Crippen LogP) is 2.69. The molecule has 0 heterocycles. The van der Waals surface area contributed by atoms with E-state index in [9.17, 15) is 13.2 Å². The minimum absolute atomic E-state index is 0.115. The van der Waals surface area contributed by atoms with Gasteiger partial charge in [0, 0.05) is 12.6 Å². The normalized spacial score (nSPS) is 14.2. The van der Waals surface area contributed by atoms with Crippen molar-refractivity contribution in [1.82, 2.24) is 10.0 Å². The van der Waals surface area contributed by atoms with Crippen molar-refractivity contribution in [3.05, 3.63) is 24.3 Å². The Morgan fingerprint density at radius 1 is 1.12 bits per heavy atom. The van der Waals surface area contributed by atoms with Crippen molar-refractivity contribution in [2.24, 2.45) is 5.92 Å². The van der Waals surface area contributed by atoms with Gasteiger partial charge >= 0.3 is 0 Å². The summed E-state index contributed by atoms with van der Waals surface area (Å²) in [6.07, 6.45) is 1.04. The van der Waals surface area contributed by atoms with Crippen LogP contribution in [0.3, 0.4) is 0 Å². The molecule has 6 nitrogen and oxygen atoms in total. The fourth-order valence-corrected chi connectivity index (χ4v) is 3.51. The topological polar surface area (TPSA) is 84.5 Å². The molecule has 0 saturated carbocycles. The molecule has 1 rings (SSSR count). The number of carbonyl (C=O) groups is 1. The van der Waals surface area contributed by atoms with Crippen LogP contribution in [-0.2, 0) is 14.8 Å². The summed E-state index contributed by atoms with van der Waals surface area (Å²) < 4.78 is 32.8. The molecule has 0 fully saturated rings. The van der Waals surface area contributed by atoms with Crippen LogP contribution in [0.15, 0.2) is 29.2 Å². The number of carbonyl (C=O) groups excluding carboxylic acids is 1. The molecule has 0 aliphatic rings. The lowest BCUT2D eigenvalue weighted by Crippen LogP contribution is -2.38. The highest BCUT2D eigenvalue weighted by molar-refractivity contribution is 7.89. The third kappa shape index (κ3) is 7.44. The molecule has 2 N–H and O–H groups in total. The summed E-state index contributed by atoms with van der Waals surface area (Å²) in [4.78, 5) is 12.1. The van der Waals surface area contributed by atoms with Crippen molar-refractivity contribution in [2.75, 3.05) is 6.54 Å². The van der Waals surface area contributed by atoms with Crippen LogP contribution < -0.4 is 14.8 Å². The first kappa shape index (κ1) is 21.4. The monoisotopic (exact) mass is 370 g/mol. The van der Waals surface area contributed by atoms with Crippen molar-refractivity contribution >= 4 is 15.9 Å². The summed E-state index contributed by atoms with van der Waals surface area (Å²) in [5.41, 5.74) is 0. The zero-order chi connectivity index (χ0) is 19.0. The van der Waals surface area contributed by atoms with Gasteiger partial charge in [0.1, 0.15) is 5.75 Å². The van der Waals surface area contributed by atoms with Crippen LogP contribution in [-0.4, -0.2) is 33.0 Å². The van der Waals surface area contributed by atoms with Gasteiger partial charge in [-0.05, 0) is 50.5 Å². The Morgan fingerprint density at radius 3 is 2.24 bits per heavy atom. The molecule has 0 spiro atoms. The maximum absolute atomic E-state index is 12.3. The summed E-state index contributed by atoms with van der Waals surface area (Å²) in [7, 11) is -3.55. The van der Waals surface area contributed by atoms with Crippen LogP contribution in [0.1, 0.15) is 47.5 Å². The molecule has 0 radical (unpaired) electrons. The van der Waals surface area contributed by atoms with Gasteiger partial charge in [-0.2, -0.15) is 0 Å². The van der Waals surface area contributed by atoms with E-state index in [0.29, 0.717) is 18.2 Å². The zero-order valence-corrected chi connectivity index (χ0v) is 16.5. The van der Waals surface area contributed by atoms with E-state index in [2.05, 4.69) is 10.0 Å². The summed E-state index contributed by atoms with van der Waals surface area (Å²) >= 11 is 0. The molecule has 1 aromatic carbocycles. The lowest BCUT2D eigenvalue weighted by Gasteiger charge is -2.16. The van der Waals surface area contributed by atoms with E-state index in [1.165, 1.54) is 12.1 Å². The number of benzene rings is 1. The van der Waals surface area contributed by atoms with E-state index in [4.69, 9.17) is 4.74 Å². The molecule has 0 aliphatic carbocycles. The number of sulfonamides is 1. The van der Waals surface area contributed by atoms with Gasteiger partial charge in [-0.25, -0.2) is 13.1 Å². The molecule has 0 aromatic heterocycles. The van der Waals surface area contributed by atoms with Crippen LogP contribution in [0.4, 0.5) is 0 Å². The Hall–Kier alpha value is -1.60. The van der Waals surface area contributed by atoms with E-state index >= 15 is 0 Å². The molecule has 142 valence electrons. The van der Waals surface area contributed by atoms with Crippen molar-refractivity contribution in [3.8, 4) is 5.75 Å². The molecular formula is C18H30N2O4S. The fraction of sp³-hybridized carbons (Fsp3) is 0.611. The SMILES string of the molecule is CCC[C@H](C)NS(=O)(=O)c1ccc(O[C@@H](C)C(=O)NCC(C)C)cc1. The Morgan fingerprint density at radius 2 is 1.72 bits per heavy atom. The Labute approximate surface area is 151 Å². The van der Waals surface area contributed by atoms with Gasteiger partial charge in [-0.1, -0.05) is 27.2 Å². The average molecular weight is 371 g/mol. The standard InChI is InChI=1S/C18H30N2O4S/c1-6-7-14(4)20-25(22,23)17-10-8-16(9-11-17)24-15(5)18(21)19-12-13(2)3/h8-11,13-15,20H,6-7,12H2,1-5H3,(H,19,21)/t14-,15-/m0/s1. The van der Waals surface area contributed by atoms with E-state index < -0.39 is 16.1 Å². The summed E-state index contributed by atoms with van der Waals surface area (Å²) in [6.45, 7) is 10.1. The molecule has 25 heavy (non-hydrogen) atoms. The number of hydrogen-bond acceptors (Lipinski definition) is 4. The number of rotatable bonds is 10. The molecule has 0 saturated heterocycles. The number of hydrogen-bond donors (Lipinski definition) is 2. The second-order valence-electron chi connectivity index (χ2n) is 6.68. The van der Waals surface area contributed by atoms with E-state index in [1.54, 1.807) is 19.1 Å². The highest BCUT2D eigenvalue weighted by Crippen LogP contribution is 2.18. The van der Waals surface area contributed by atoms with Crippen molar-refractivity contribution in [3.63, 3.8) is 0 Å². The van der Waals surface area contributed by atoms with Gasteiger partial charge in [0.15, 0.2) is 6.10 Å². The molecule has 0 bridgehead atoms. The highest BCUT2D eigenvalue weighted by atomic mass is 32.2. The van der Waals surface area contributed by atoms with Crippen LogP contribution >= 0.6 is 0 Å². The number of nitrogens with one attached hydrogen (secondary N) is 2. The van der Waals surface area contributed by atoms with Crippen LogP contribution in [0.5, 0.6) is 5.75 Å². The first-order chi connectivity index (χ1) is 11.7. The van der Waals surface area contributed by atoms with Gasteiger partial charge in [-0.15, -0.1) is 0 Å². The van der Waals surface area contributed by atoms with E-state index in [1.807, 2.05) is 27.7 Å². The Balaban J connectivity index is 2.68. The fourth-order valence-electron chi connectivity index (χ4n) is 2.23. The maximum atomic E-state index is 12.3. The summed E-state index contributed by atoms with van der Waals surface area (Å²) in [5, 5.41) is 2.80. The molecule has 2 atom stereocenters. The van der Waals surface area contributed by atoms with E-state index in [0.717, 1.165) is 12.8 Å². The Kier molecular flexibility index (Phi) is 8.38. The Bertz CT molecular complexity index is 642.